The van der Waals surface area contributed by atoms with Crippen molar-refractivity contribution in [3.05, 3.63) is 17.5 Å². The van der Waals surface area contributed by atoms with Crippen LogP contribution in [0.1, 0.15) is 50.3 Å². The maximum Gasteiger partial charge on any atom is 0.401 e. The van der Waals surface area contributed by atoms with Gasteiger partial charge in [-0.15, -0.1) is 24.0 Å². The van der Waals surface area contributed by atoms with Crippen molar-refractivity contribution < 1.29 is 13.2 Å². The summed E-state index contributed by atoms with van der Waals surface area (Å²) in [4.78, 5) is 7.96. The highest BCUT2D eigenvalue weighted by Crippen LogP contribution is 2.24. The van der Waals surface area contributed by atoms with Gasteiger partial charge in [0.2, 0.25) is 0 Å². The number of hydrogen-bond donors (Lipinski definition) is 1. The zero-order chi connectivity index (χ0) is 21.6. The Morgan fingerprint density at radius 3 is 2.50 bits per heavy atom. The summed E-state index contributed by atoms with van der Waals surface area (Å²) in [6.45, 7) is 6.03. The summed E-state index contributed by atoms with van der Waals surface area (Å²) in [7, 11) is 5.70. The number of rotatable bonds is 7. The number of piperidine rings is 1. The summed E-state index contributed by atoms with van der Waals surface area (Å²) in [5, 5.41) is 7.95. The minimum absolute atomic E-state index is 0. The number of aliphatic imine (C=N–C) groups is 1. The topological polar surface area (TPSA) is 48.7 Å². The quantitative estimate of drug-likeness (QED) is 0.322. The number of alkyl halides is 3. The van der Waals surface area contributed by atoms with E-state index in [1.54, 1.807) is 7.05 Å². The van der Waals surface area contributed by atoms with Crippen LogP contribution in [-0.2, 0) is 13.6 Å². The summed E-state index contributed by atoms with van der Waals surface area (Å²) < 4.78 is 39.3. The predicted molar refractivity (Wildman–Crippen MR) is 125 cm³/mol. The second-order valence-electron chi connectivity index (χ2n) is 8.32. The Balaban J connectivity index is 0.00000450. The van der Waals surface area contributed by atoms with Gasteiger partial charge in [0.05, 0.1) is 12.2 Å². The van der Waals surface area contributed by atoms with E-state index in [0.717, 1.165) is 44.0 Å². The van der Waals surface area contributed by atoms with Crippen molar-refractivity contribution in [3.63, 3.8) is 0 Å². The van der Waals surface area contributed by atoms with Gasteiger partial charge in [0.25, 0.3) is 0 Å². The van der Waals surface area contributed by atoms with Gasteiger partial charge in [-0.3, -0.25) is 14.6 Å². The number of nitrogens with one attached hydrogen (secondary N) is 1. The van der Waals surface area contributed by atoms with Gasteiger partial charge in [-0.2, -0.15) is 18.3 Å². The fourth-order valence-electron chi connectivity index (χ4n) is 3.95. The molecule has 174 valence electrons. The lowest BCUT2D eigenvalue weighted by Gasteiger charge is -2.32. The first-order chi connectivity index (χ1) is 13.6. The van der Waals surface area contributed by atoms with Gasteiger partial charge in [-0.05, 0) is 44.2 Å². The summed E-state index contributed by atoms with van der Waals surface area (Å²) in [6, 6.07) is 0. The fourth-order valence-corrected chi connectivity index (χ4v) is 3.95. The molecule has 1 fully saturated rings. The number of likely N-dealkylation sites (tertiary alicyclic amines) is 1. The van der Waals surface area contributed by atoms with E-state index >= 15 is 0 Å². The van der Waals surface area contributed by atoms with E-state index in [9.17, 15) is 13.2 Å². The van der Waals surface area contributed by atoms with Crippen molar-refractivity contribution in [2.75, 3.05) is 40.3 Å². The maximum absolute atomic E-state index is 12.5. The van der Waals surface area contributed by atoms with Gasteiger partial charge < -0.3 is 10.2 Å². The first-order valence-corrected chi connectivity index (χ1v) is 10.3. The second-order valence-corrected chi connectivity index (χ2v) is 8.32. The van der Waals surface area contributed by atoms with Gasteiger partial charge in [0, 0.05) is 46.0 Å². The highest BCUT2D eigenvalue weighted by atomic mass is 127. The number of aromatic nitrogens is 2. The molecule has 0 unspecified atom stereocenters. The molecule has 1 aromatic heterocycles. The lowest BCUT2D eigenvalue weighted by molar-refractivity contribution is -0.148. The molecule has 0 aliphatic carbocycles. The number of halogens is 4. The number of aryl methyl sites for hydroxylation is 1. The van der Waals surface area contributed by atoms with Crippen LogP contribution in [0, 0.1) is 5.92 Å². The molecule has 2 rings (SSSR count). The van der Waals surface area contributed by atoms with Crippen molar-refractivity contribution in [2.24, 2.45) is 18.0 Å². The Labute approximate surface area is 195 Å². The highest BCUT2D eigenvalue weighted by Gasteiger charge is 2.32. The van der Waals surface area contributed by atoms with Crippen LogP contribution in [0.3, 0.4) is 0 Å². The minimum Gasteiger partial charge on any atom is -0.356 e. The molecular formula is C20H36F3IN6. The third-order valence-corrected chi connectivity index (χ3v) is 5.41. The Morgan fingerprint density at radius 2 is 1.97 bits per heavy atom. The van der Waals surface area contributed by atoms with Crippen molar-refractivity contribution in [2.45, 2.75) is 51.7 Å². The van der Waals surface area contributed by atoms with Crippen LogP contribution in [0.15, 0.2) is 11.2 Å². The minimum atomic E-state index is -4.10. The summed E-state index contributed by atoms with van der Waals surface area (Å²) in [5.41, 5.74) is 2.28. The molecule has 2 heterocycles. The molecule has 10 heteroatoms. The van der Waals surface area contributed by atoms with Gasteiger partial charge >= 0.3 is 6.18 Å². The van der Waals surface area contributed by atoms with E-state index in [-0.39, 0.29) is 24.0 Å². The Kier molecular flexibility index (Phi) is 10.9. The monoisotopic (exact) mass is 544 g/mol. The van der Waals surface area contributed by atoms with E-state index in [0.29, 0.717) is 24.9 Å². The van der Waals surface area contributed by atoms with E-state index in [4.69, 9.17) is 0 Å². The molecule has 1 aliphatic rings. The largest absolute Gasteiger partial charge is 0.401 e. The van der Waals surface area contributed by atoms with Gasteiger partial charge in [-0.1, -0.05) is 13.8 Å². The van der Waals surface area contributed by atoms with Gasteiger partial charge in [0.15, 0.2) is 5.96 Å². The van der Waals surface area contributed by atoms with Crippen molar-refractivity contribution in [1.82, 2.24) is 24.9 Å². The summed E-state index contributed by atoms with van der Waals surface area (Å²) >= 11 is 0. The number of guanidine groups is 1. The van der Waals surface area contributed by atoms with Crippen LogP contribution in [0.4, 0.5) is 13.2 Å². The summed E-state index contributed by atoms with van der Waals surface area (Å²) in [6.07, 6.45) is 0.527. The SMILES string of the molecule is CN=C(NCCC1CCN(CC(F)(F)F)CC1)N(C)Cc1cn(C)nc1C(C)C.I. The highest BCUT2D eigenvalue weighted by molar-refractivity contribution is 14.0. The molecule has 1 aliphatic heterocycles. The van der Waals surface area contributed by atoms with E-state index in [2.05, 4.69) is 34.2 Å². The normalized spacial score (nSPS) is 16.6. The molecule has 0 saturated carbocycles. The zero-order valence-corrected chi connectivity index (χ0v) is 21.0. The molecular weight excluding hydrogens is 508 g/mol. The number of nitrogens with zero attached hydrogens (tertiary/aromatic N) is 5. The van der Waals surface area contributed by atoms with Gasteiger partial charge in [-0.25, -0.2) is 0 Å². The molecule has 0 amide bonds. The van der Waals surface area contributed by atoms with Crippen LogP contribution in [0.2, 0.25) is 0 Å². The van der Waals surface area contributed by atoms with Crippen LogP contribution in [0.25, 0.3) is 0 Å². The molecule has 0 radical (unpaired) electrons. The molecule has 1 saturated heterocycles. The van der Waals surface area contributed by atoms with Crippen LogP contribution >= 0.6 is 24.0 Å². The maximum atomic E-state index is 12.5. The van der Waals surface area contributed by atoms with E-state index < -0.39 is 12.7 Å². The fraction of sp³-hybridized carbons (Fsp3) is 0.800. The molecule has 1 N–H and O–H groups in total. The third kappa shape index (κ3) is 8.60. The van der Waals surface area contributed by atoms with E-state index in [1.165, 1.54) is 10.5 Å². The average Bonchev–Trinajstić information content (AvgIpc) is 2.99. The first kappa shape index (κ1) is 27.0. The zero-order valence-electron chi connectivity index (χ0n) is 18.7. The first-order valence-electron chi connectivity index (χ1n) is 10.3. The molecule has 0 atom stereocenters. The average molecular weight is 544 g/mol. The Hall–Kier alpha value is -1.04. The standard InChI is InChI=1S/C20H35F3N6.HI/c1-15(2)18-17(13-28(5)26-18)12-27(4)19(24-3)25-9-6-16-7-10-29(11-8-16)14-20(21,22)23;/h13,15-16H,6-12,14H2,1-5H3,(H,24,25);1H. The molecule has 0 aromatic carbocycles. The van der Waals surface area contributed by atoms with E-state index in [1.807, 2.05) is 25.0 Å². The lowest BCUT2D eigenvalue weighted by atomic mass is 9.93. The molecule has 6 nitrogen and oxygen atoms in total. The van der Waals surface area contributed by atoms with Gasteiger partial charge in [0.1, 0.15) is 0 Å². The van der Waals surface area contributed by atoms with Crippen molar-refractivity contribution in [1.29, 1.82) is 0 Å². The molecule has 0 spiro atoms. The van der Waals surface area contributed by atoms with Crippen molar-refractivity contribution in [3.8, 4) is 0 Å². The second kappa shape index (κ2) is 12.1. The molecule has 30 heavy (non-hydrogen) atoms. The van der Waals surface area contributed by atoms with Crippen LogP contribution in [0.5, 0.6) is 0 Å². The Bertz CT molecular complexity index is 666. The smallest absolute Gasteiger partial charge is 0.356 e. The lowest BCUT2D eigenvalue weighted by Crippen LogP contribution is -2.42. The third-order valence-electron chi connectivity index (χ3n) is 5.41. The Morgan fingerprint density at radius 1 is 1.33 bits per heavy atom. The number of hydrogen-bond acceptors (Lipinski definition) is 3. The van der Waals surface area contributed by atoms with Crippen LogP contribution < -0.4 is 5.32 Å². The predicted octanol–water partition coefficient (Wildman–Crippen LogP) is 3.83. The van der Waals surface area contributed by atoms with Crippen molar-refractivity contribution >= 4 is 29.9 Å². The van der Waals surface area contributed by atoms with Crippen LogP contribution in [-0.4, -0.2) is 72.0 Å². The molecule has 1 aromatic rings. The summed E-state index contributed by atoms with van der Waals surface area (Å²) in [5.74, 6) is 1.64. The molecule has 0 bridgehead atoms.